The van der Waals surface area contributed by atoms with E-state index in [0.717, 1.165) is 66.2 Å². The fourth-order valence-electron chi connectivity index (χ4n) is 4.80. The quantitative estimate of drug-likeness (QED) is 0.476. The highest BCUT2D eigenvalue weighted by atomic mass is 15.1. The number of rotatable bonds is 3. The number of nitrogens with one attached hydrogen (secondary N) is 3. The summed E-state index contributed by atoms with van der Waals surface area (Å²) in [6.07, 6.45) is 7.14. The van der Waals surface area contributed by atoms with E-state index in [2.05, 4.69) is 67.9 Å². The van der Waals surface area contributed by atoms with Gasteiger partial charge in [0.25, 0.3) is 0 Å². The molecule has 1 aromatic carbocycles. The monoisotopic (exact) mass is 398 g/mol. The zero-order chi connectivity index (χ0) is 19.9. The second-order valence-electron chi connectivity index (χ2n) is 8.32. The molecule has 0 bridgehead atoms. The van der Waals surface area contributed by atoms with Crippen molar-refractivity contribution in [3.63, 3.8) is 0 Å². The Morgan fingerprint density at radius 3 is 2.77 bits per heavy atom. The van der Waals surface area contributed by atoms with Gasteiger partial charge >= 0.3 is 0 Å². The van der Waals surface area contributed by atoms with E-state index in [1.165, 1.54) is 35.9 Å². The third-order valence-electron chi connectivity index (χ3n) is 6.39. The van der Waals surface area contributed by atoms with Crippen LogP contribution in [0.5, 0.6) is 0 Å². The third-order valence-corrected chi connectivity index (χ3v) is 6.39. The molecular formula is C24H26N6. The van der Waals surface area contributed by atoms with Gasteiger partial charge in [0.1, 0.15) is 11.2 Å². The van der Waals surface area contributed by atoms with Gasteiger partial charge in [-0.2, -0.15) is 5.10 Å². The number of hydrogen-bond acceptors (Lipinski definition) is 4. The molecule has 30 heavy (non-hydrogen) atoms. The SMILES string of the molecule is C1=C(c2ccc3[nH]nc(-c4cc5c(N6CCCCC6)cccc5[nH]4)c3n2)CCNC1. The second kappa shape index (κ2) is 7.29. The van der Waals surface area contributed by atoms with Crippen LogP contribution in [0.1, 0.15) is 31.4 Å². The molecule has 0 aliphatic carbocycles. The Kier molecular flexibility index (Phi) is 4.30. The smallest absolute Gasteiger partial charge is 0.135 e. The Morgan fingerprint density at radius 2 is 1.90 bits per heavy atom. The van der Waals surface area contributed by atoms with Gasteiger partial charge in [0, 0.05) is 36.2 Å². The normalized spacial score (nSPS) is 17.6. The molecule has 3 N–H and O–H groups in total. The summed E-state index contributed by atoms with van der Waals surface area (Å²) >= 11 is 0. The Labute approximate surface area is 175 Å². The minimum absolute atomic E-state index is 0.891. The molecule has 6 nitrogen and oxygen atoms in total. The van der Waals surface area contributed by atoms with Crippen molar-refractivity contribution in [2.24, 2.45) is 0 Å². The van der Waals surface area contributed by atoms with Gasteiger partial charge in [-0.05, 0) is 68.1 Å². The molecule has 2 aliphatic heterocycles. The average molecular weight is 399 g/mol. The van der Waals surface area contributed by atoms with Crippen molar-refractivity contribution in [3.05, 3.63) is 48.2 Å². The van der Waals surface area contributed by atoms with Crippen molar-refractivity contribution in [1.29, 1.82) is 0 Å². The number of nitrogens with zero attached hydrogens (tertiary/aromatic N) is 3. The fraction of sp³-hybridized carbons (Fsp3) is 0.333. The number of benzene rings is 1. The third kappa shape index (κ3) is 2.99. The summed E-state index contributed by atoms with van der Waals surface area (Å²) in [7, 11) is 0. The first-order valence-electron chi connectivity index (χ1n) is 11.0. The van der Waals surface area contributed by atoms with Crippen molar-refractivity contribution in [1.82, 2.24) is 25.5 Å². The predicted octanol–water partition coefficient (Wildman–Crippen LogP) is 4.47. The summed E-state index contributed by atoms with van der Waals surface area (Å²) in [5, 5.41) is 12.4. The predicted molar refractivity (Wildman–Crippen MR) is 123 cm³/mol. The highest BCUT2D eigenvalue weighted by Crippen LogP contribution is 2.34. The lowest BCUT2D eigenvalue weighted by atomic mass is 10.0. The van der Waals surface area contributed by atoms with E-state index in [1.54, 1.807) is 0 Å². The molecule has 0 spiro atoms. The summed E-state index contributed by atoms with van der Waals surface area (Å²) in [5.41, 5.74) is 8.65. The maximum atomic E-state index is 5.00. The van der Waals surface area contributed by atoms with Gasteiger partial charge in [0.05, 0.1) is 16.9 Å². The van der Waals surface area contributed by atoms with Gasteiger partial charge in [0.15, 0.2) is 0 Å². The number of fused-ring (bicyclic) bond motifs is 2. The van der Waals surface area contributed by atoms with Crippen LogP contribution in [0.2, 0.25) is 0 Å². The van der Waals surface area contributed by atoms with E-state index in [1.807, 2.05) is 0 Å². The van der Waals surface area contributed by atoms with Gasteiger partial charge in [-0.3, -0.25) is 5.10 Å². The maximum absolute atomic E-state index is 5.00. The Balaban J connectivity index is 1.44. The van der Waals surface area contributed by atoms with E-state index in [0.29, 0.717) is 0 Å². The molecule has 1 saturated heterocycles. The summed E-state index contributed by atoms with van der Waals surface area (Å²) in [6, 6.07) is 13.0. The molecule has 0 amide bonds. The van der Waals surface area contributed by atoms with Crippen LogP contribution in [-0.4, -0.2) is 46.3 Å². The number of anilines is 1. The number of aromatic amines is 2. The highest BCUT2D eigenvalue weighted by Gasteiger charge is 2.18. The topological polar surface area (TPSA) is 72.6 Å². The first kappa shape index (κ1) is 17.7. The molecule has 6 rings (SSSR count). The molecule has 6 heteroatoms. The lowest BCUT2D eigenvalue weighted by Gasteiger charge is -2.29. The van der Waals surface area contributed by atoms with E-state index in [9.17, 15) is 0 Å². The molecular weight excluding hydrogens is 372 g/mol. The molecule has 0 radical (unpaired) electrons. The molecule has 5 heterocycles. The van der Waals surface area contributed by atoms with E-state index in [4.69, 9.17) is 4.98 Å². The van der Waals surface area contributed by atoms with Gasteiger partial charge in [-0.15, -0.1) is 0 Å². The van der Waals surface area contributed by atoms with Crippen LogP contribution in [0.4, 0.5) is 5.69 Å². The van der Waals surface area contributed by atoms with Crippen molar-refractivity contribution >= 4 is 33.2 Å². The zero-order valence-electron chi connectivity index (χ0n) is 17.0. The van der Waals surface area contributed by atoms with Crippen LogP contribution in [-0.2, 0) is 0 Å². The molecule has 152 valence electrons. The molecule has 3 aromatic heterocycles. The summed E-state index contributed by atoms with van der Waals surface area (Å²) < 4.78 is 0. The van der Waals surface area contributed by atoms with Crippen molar-refractivity contribution < 1.29 is 0 Å². The lowest BCUT2D eigenvalue weighted by Crippen LogP contribution is -2.29. The standard InChI is InChI=1S/C24H26N6/c1-2-13-30(14-3-1)22-6-4-5-19-17(22)15-21(26-19)24-23-20(28-29-24)8-7-18(27-23)16-9-11-25-12-10-16/h4-9,15,25-26H,1-3,10-14H2,(H,28,29). The zero-order valence-corrected chi connectivity index (χ0v) is 17.0. The van der Waals surface area contributed by atoms with E-state index >= 15 is 0 Å². The Hall–Kier alpha value is -3.12. The second-order valence-corrected chi connectivity index (χ2v) is 8.32. The van der Waals surface area contributed by atoms with Crippen LogP contribution in [0, 0.1) is 0 Å². The first-order valence-corrected chi connectivity index (χ1v) is 11.0. The largest absolute Gasteiger partial charge is 0.371 e. The van der Waals surface area contributed by atoms with Gasteiger partial charge in [0.2, 0.25) is 0 Å². The Bertz CT molecular complexity index is 1240. The van der Waals surface area contributed by atoms with Gasteiger partial charge in [-0.25, -0.2) is 4.98 Å². The van der Waals surface area contributed by atoms with Gasteiger partial charge < -0.3 is 15.2 Å². The molecule has 0 atom stereocenters. The number of hydrogen-bond donors (Lipinski definition) is 3. The summed E-state index contributed by atoms with van der Waals surface area (Å²) in [5.74, 6) is 0. The molecule has 4 aromatic rings. The molecule has 0 saturated carbocycles. The van der Waals surface area contributed by atoms with Crippen molar-refractivity contribution in [2.45, 2.75) is 25.7 Å². The van der Waals surface area contributed by atoms with Crippen LogP contribution < -0.4 is 10.2 Å². The van der Waals surface area contributed by atoms with Crippen LogP contribution >= 0.6 is 0 Å². The van der Waals surface area contributed by atoms with Crippen LogP contribution in [0.25, 0.3) is 38.9 Å². The lowest BCUT2D eigenvalue weighted by molar-refractivity contribution is 0.579. The first-order chi connectivity index (χ1) is 14.9. The maximum Gasteiger partial charge on any atom is 0.135 e. The molecule has 2 aliphatic rings. The highest BCUT2D eigenvalue weighted by molar-refractivity contribution is 5.99. The van der Waals surface area contributed by atoms with E-state index in [-0.39, 0.29) is 0 Å². The van der Waals surface area contributed by atoms with Crippen LogP contribution in [0.15, 0.2) is 42.5 Å². The minimum atomic E-state index is 0.891. The number of H-pyrrole nitrogens is 2. The number of piperidine rings is 1. The van der Waals surface area contributed by atoms with Gasteiger partial charge in [-0.1, -0.05) is 12.1 Å². The fourth-order valence-corrected chi connectivity index (χ4v) is 4.80. The molecule has 1 fully saturated rings. The number of pyridine rings is 1. The van der Waals surface area contributed by atoms with Crippen molar-refractivity contribution in [2.75, 3.05) is 31.1 Å². The summed E-state index contributed by atoms with van der Waals surface area (Å²) in [4.78, 5) is 11.1. The minimum Gasteiger partial charge on any atom is -0.371 e. The van der Waals surface area contributed by atoms with Crippen LogP contribution in [0.3, 0.4) is 0 Å². The number of aromatic nitrogens is 4. The average Bonchev–Trinajstić information content (AvgIpc) is 3.43. The van der Waals surface area contributed by atoms with Crippen molar-refractivity contribution in [3.8, 4) is 11.4 Å². The van der Waals surface area contributed by atoms with E-state index < -0.39 is 0 Å². The Morgan fingerprint density at radius 1 is 0.967 bits per heavy atom. The summed E-state index contributed by atoms with van der Waals surface area (Å²) in [6.45, 7) is 4.19. The molecule has 0 unspecified atom stereocenters.